The van der Waals surface area contributed by atoms with Crippen LogP contribution in [-0.2, 0) is 11.8 Å². The fraction of sp³-hybridized carbons (Fsp3) is 0.159. The number of aryl methyl sites for hydroxylation is 1. The Kier molecular flexibility index (Phi) is 12.8. The minimum Gasteiger partial charge on any atom is -0.358 e. The van der Waals surface area contributed by atoms with E-state index in [1.54, 1.807) is 0 Å². The molecule has 2 aliphatic rings. The molecule has 93 heavy (non-hydrogen) atoms. The molecule has 0 amide bonds. The predicted molar refractivity (Wildman–Crippen MR) is 396 cm³/mol. The molecule has 448 valence electrons. The van der Waals surface area contributed by atoms with Crippen LogP contribution >= 0.6 is 0 Å². The van der Waals surface area contributed by atoms with Gasteiger partial charge in [-0.1, -0.05) is 113 Å². The van der Waals surface area contributed by atoms with Crippen molar-refractivity contribution in [3.63, 3.8) is 0 Å². The summed E-state index contributed by atoms with van der Waals surface area (Å²) < 4.78 is 0. The Labute approximate surface area is 542 Å². The van der Waals surface area contributed by atoms with Gasteiger partial charge in [-0.15, -0.1) is 0 Å². The van der Waals surface area contributed by atoms with Crippen molar-refractivity contribution in [2.75, 3.05) is 5.32 Å². The molecule has 0 bridgehead atoms. The normalized spacial score (nSPS) is 14.0. The topological polar surface area (TPSA) is 75.2 Å². The quantitative estimate of drug-likeness (QED) is 0.101. The summed E-state index contributed by atoms with van der Waals surface area (Å²) in [4.78, 5) is 15.0. The van der Waals surface area contributed by atoms with E-state index in [2.05, 4.69) is 317 Å². The van der Waals surface area contributed by atoms with Gasteiger partial charge in [-0.3, -0.25) is 0 Å². The van der Waals surface area contributed by atoms with Crippen LogP contribution in [0.4, 0.5) is 5.69 Å². The standard InChI is InChI=1S/C88H71N5/c1-9-11-12-52-14-24-78-68(36-52)71-45-55(17-27-81(71)90-78)61-38-62(56-18-28-82-72(46-56)69-37-53(15-25-79(69)91-82)33-34-87(3,4)5)41-63(40-61)57-19-29-83-73(47-57)74-48-58(20-30-84(74)92-83)64-39-60(54-16-26-80-70(44-54)67-35-51(10-2)13-23-77(67)89-80)42-65(43-64)59-21-31-85-75(49-59)76-50-66(88(6,7)8)22-32-86(76)93-85/h13-32,35-43,45-50,70,89-93H,9-10,44H2,1-8H3. The Hall–Kier alpha value is -11.0. The number of anilines is 1. The maximum atomic E-state index is 3.83. The number of benzene rings is 11. The molecular formula is C88H71N5. The third kappa shape index (κ3) is 9.99. The number of nitrogens with one attached hydrogen (secondary N) is 5. The van der Waals surface area contributed by atoms with Gasteiger partial charge in [-0.25, -0.2) is 0 Å². The lowest BCUT2D eigenvalue weighted by Crippen LogP contribution is -2.10. The van der Waals surface area contributed by atoms with Crippen LogP contribution in [-0.4, -0.2) is 19.9 Å². The van der Waals surface area contributed by atoms with Crippen LogP contribution in [0.25, 0.3) is 148 Å². The van der Waals surface area contributed by atoms with E-state index in [1.807, 2.05) is 0 Å². The molecule has 15 aromatic rings. The van der Waals surface area contributed by atoms with Crippen molar-refractivity contribution >= 4 is 98.5 Å². The Morgan fingerprint density at radius 1 is 0.376 bits per heavy atom. The molecule has 1 aliphatic carbocycles. The largest absolute Gasteiger partial charge is 0.358 e. The SMILES string of the molecule is CCC#Cc1ccc2[nH]c3ccc(-c4cc(-c5ccc6[nH]c7ccc(C#CC(C)(C)C)cc7c6c5)cc(-c5ccc6[nH]c7ccc(-c8cc(C9=CC=C%10Nc%11ccc(CC)cc%11C%10C9)cc(-c9ccc%10[nH]c%11ccc(C(C)(C)C)cc%11c%10c9)c8)cc7c6c5)c4)cc3c2c1. The summed E-state index contributed by atoms with van der Waals surface area (Å²) in [6.45, 7) is 17.7. The smallest absolute Gasteiger partial charge is 0.0465 e. The van der Waals surface area contributed by atoms with Crippen LogP contribution in [0.2, 0.25) is 0 Å². The molecule has 0 saturated heterocycles. The Balaban J connectivity index is 0.807. The predicted octanol–water partition coefficient (Wildman–Crippen LogP) is 23.5. The van der Waals surface area contributed by atoms with E-state index in [4.69, 9.17) is 0 Å². The second-order valence-corrected chi connectivity index (χ2v) is 28.1. The van der Waals surface area contributed by atoms with E-state index in [1.165, 1.54) is 105 Å². The lowest BCUT2D eigenvalue weighted by Gasteiger charge is -2.21. The van der Waals surface area contributed by atoms with E-state index in [-0.39, 0.29) is 16.7 Å². The molecule has 1 aliphatic heterocycles. The van der Waals surface area contributed by atoms with Crippen LogP contribution in [0.5, 0.6) is 0 Å². The van der Waals surface area contributed by atoms with Gasteiger partial charge in [0.15, 0.2) is 0 Å². The Bertz CT molecular complexity index is 5880. The highest BCUT2D eigenvalue weighted by molar-refractivity contribution is 6.13. The van der Waals surface area contributed by atoms with E-state index >= 15 is 0 Å². The van der Waals surface area contributed by atoms with Crippen molar-refractivity contribution in [2.45, 2.75) is 86.0 Å². The first-order chi connectivity index (χ1) is 45.1. The first-order valence-electron chi connectivity index (χ1n) is 33.0. The molecule has 5 N–H and O–H groups in total. The lowest BCUT2D eigenvalue weighted by atomic mass is 9.83. The maximum absolute atomic E-state index is 3.83. The molecule has 0 saturated carbocycles. The third-order valence-electron chi connectivity index (χ3n) is 19.6. The van der Waals surface area contributed by atoms with Crippen molar-refractivity contribution < 1.29 is 0 Å². The molecule has 0 spiro atoms. The van der Waals surface area contributed by atoms with Crippen LogP contribution in [0, 0.1) is 29.1 Å². The molecule has 11 aromatic carbocycles. The van der Waals surface area contributed by atoms with E-state index in [9.17, 15) is 0 Å². The maximum Gasteiger partial charge on any atom is 0.0465 e. The molecule has 0 fully saturated rings. The molecule has 0 radical (unpaired) electrons. The summed E-state index contributed by atoms with van der Waals surface area (Å²) in [7, 11) is 0. The minimum atomic E-state index is -0.0968. The second kappa shape index (κ2) is 21.3. The van der Waals surface area contributed by atoms with Crippen molar-refractivity contribution in [1.29, 1.82) is 0 Å². The summed E-state index contributed by atoms with van der Waals surface area (Å²) in [5.74, 6) is 13.8. The van der Waals surface area contributed by atoms with Gasteiger partial charge < -0.3 is 25.3 Å². The zero-order valence-electron chi connectivity index (χ0n) is 53.9. The van der Waals surface area contributed by atoms with Crippen molar-refractivity contribution in [2.24, 2.45) is 5.41 Å². The second-order valence-electron chi connectivity index (χ2n) is 28.1. The fourth-order valence-electron chi connectivity index (χ4n) is 14.5. The zero-order chi connectivity index (χ0) is 63.0. The van der Waals surface area contributed by atoms with Crippen molar-refractivity contribution in [1.82, 2.24) is 19.9 Å². The first-order valence-corrected chi connectivity index (χ1v) is 33.0. The Morgan fingerprint density at radius 2 is 0.774 bits per heavy atom. The van der Waals surface area contributed by atoms with Gasteiger partial charge >= 0.3 is 0 Å². The minimum absolute atomic E-state index is 0.0322. The number of aromatic nitrogens is 4. The molecule has 17 rings (SSSR count). The first kappa shape index (κ1) is 56.0. The van der Waals surface area contributed by atoms with E-state index in [0.29, 0.717) is 0 Å². The van der Waals surface area contributed by atoms with Gasteiger partial charge in [-0.2, -0.15) is 0 Å². The molecule has 4 aromatic heterocycles. The highest BCUT2D eigenvalue weighted by atomic mass is 14.9. The molecule has 1 unspecified atom stereocenters. The molecular weight excluding hydrogens is 1130 g/mol. The summed E-state index contributed by atoms with van der Waals surface area (Å²) in [5.41, 5.74) is 31.8. The average molecular weight is 1200 g/mol. The highest BCUT2D eigenvalue weighted by Crippen LogP contribution is 2.48. The van der Waals surface area contributed by atoms with E-state index < -0.39 is 0 Å². The number of fused-ring (bicyclic) bond motifs is 15. The molecule has 5 heteroatoms. The summed E-state index contributed by atoms with van der Waals surface area (Å²) >= 11 is 0. The monoisotopic (exact) mass is 1200 g/mol. The summed E-state index contributed by atoms with van der Waals surface area (Å²) in [5, 5.41) is 13.4. The van der Waals surface area contributed by atoms with Gasteiger partial charge in [0.05, 0.1) is 0 Å². The number of aromatic amines is 4. The van der Waals surface area contributed by atoms with Crippen LogP contribution < -0.4 is 5.32 Å². The molecule has 5 nitrogen and oxygen atoms in total. The third-order valence-corrected chi connectivity index (χ3v) is 19.6. The number of hydrogen-bond acceptors (Lipinski definition) is 1. The average Bonchev–Trinajstić information content (AvgIpc) is 2.32. The van der Waals surface area contributed by atoms with Crippen molar-refractivity contribution in [3.05, 3.63) is 251 Å². The Morgan fingerprint density at radius 3 is 1.19 bits per heavy atom. The van der Waals surface area contributed by atoms with Crippen molar-refractivity contribution in [3.8, 4) is 79.3 Å². The van der Waals surface area contributed by atoms with Gasteiger partial charge in [0.1, 0.15) is 0 Å². The van der Waals surface area contributed by atoms with Crippen LogP contribution in [0.3, 0.4) is 0 Å². The van der Waals surface area contributed by atoms with Gasteiger partial charge in [-0.05, 0) is 280 Å². The van der Waals surface area contributed by atoms with Gasteiger partial charge in [0.25, 0.3) is 0 Å². The van der Waals surface area contributed by atoms with Gasteiger partial charge in [0.2, 0.25) is 0 Å². The number of allylic oxidation sites excluding steroid dienone is 4. The highest BCUT2D eigenvalue weighted by Gasteiger charge is 2.31. The van der Waals surface area contributed by atoms with Crippen LogP contribution in [0.15, 0.2) is 218 Å². The van der Waals surface area contributed by atoms with Gasteiger partial charge in [0, 0.05) is 127 Å². The molecule has 5 heterocycles. The summed E-state index contributed by atoms with van der Waals surface area (Å²) in [6.07, 6.45) is 7.44. The number of rotatable bonds is 7. The molecule has 1 atom stereocenters. The number of H-pyrrole nitrogens is 4. The zero-order valence-corrected chi connectivity index (χ0v) is 53.9. The van der Waals surface area contributed by atoms with Crippen LogP contribution in [0.1, 0.15) is 108 Å². The lowest BCUT2D eigenvalue weighted by molar-refractivity contribution is 0.571. The fourth-order valence-corrected chi connectivity index (χ4v) is 14.5. The summed E-state index contributed by atoms with van der Waals surface area (Å²) in [6, 6.07) is 76.0. The number of hydrogen-bond donors (Lipinski definition) is 5. The van der Waals surface area contributed by atoms with E-state index in [0.717, 1.165) is 108 Å².